The average molecular weight is 290 g/mol. The number of rotatable bonds is 4. The van der Waals surface area contributed by atoms with E-state index >= 15 is 0 Å². The summed E-state index contributed by atoms with van der Waals surface area (Å²) >= 11 is 0. The van der Waals surface area contributed by atoms with E-state index < -0.39 is 5.97 Å². The minimum atomic E-state index is -0.968. The van der Waals surface area contributed by atoms with Gasteiger partial charge in [0.15, 0.2) is 0 Å². The first-order valence-electron chi connectivity index (χ1n) is 7.34. The highest BCUT2D eigenvalue weighted by Crippen LogP contribution is 2.29. The SMILES string of the molecule is Cc1cc(C(=O)O)ccc1NC(=O)NCC1CCC(C)C1. The summed E-state index contributed by atoms with van der Waals surface area (Å²) < 4.78 is 0. The molecule has 2 atom stereocenters. The Labute approximate surface area is 124 Å². The zero-order chi connectivity index (χ0) is 15.4. The van der Waals surface area contributed by atoms with Crippen molar-refractivity contribution in [3.8, 4) is 0 Å². The van der Waals surface area contributed by atoms with Gasteiger partial charge in [0.2, 0.25) is 0 Å². The Kier molecular flexibility index (Phi) is 4.83. The van der Waals surface area contributed by atoms with Gasteiger partial charge in [0.1, 0.15) is 0 Å². The van der Waals surface area contributed by atoms with Crippen molar-refractivity contribution in [1.82, 2.24) is 5.32 Å². The van der Waals surface area contributed by atoms with E-state index in [2.05, 4.69) is 17.6 Å². The molecule has 114 valence electrons. The van der Waals surface area contributed by atoms with Gasteiger partial charge >= 0.3 is 12.0 Å². The van der Waals surface area contributed by atoms with Crippen LogP contribution in [0.15, 0.2) is 18.2 Å². The Balaban J connectivity index is 1.86. The first kappa shape index (κ1) is 15.4. The predicted molar refractivity (Wildman–Crippen MR) is 81.7 cm³/mol. The molecule has 1 saturated carbocycles. The van der Waals surface area contributed by atoms with Crippen LogP contribution in [0.2, 0.25) is 0 Å². The Morgan fingerprint density at radius 1 is 1.33 bits per heavy atom. The first-order valence-corrected chi connectivity index (χ1v) is 7.34. The summed E-state index contributed by atoms with van der Waals surface area (Å²) in [6, 6.07) is 4.43. The van der Waals surface area contributed by atoms with Crippen LogP contribution in [0, 0.1) is 18.8 Å². The molecule has 2 rings (SSSR count). The van der Waals surface area contributed by atoms with Gasteiger partial charge in [-0.1, -0.05) is 13.3 Å². The number of hydrogen-bond donors (Lipinski definition) is 3. The molecule has 1 aromatic carbocycles. The van der Waals surface area contributed by atoms with Gasteiger partial charge in [-0.15, -0.1) is 0 Å². The third-order valence-corrected chi connectivity index (χ3v) is 4.08. The minimum Gasteiger partial charge on any atom is -0.478 e. The molecular formula is C16H22N2O3. The third-order valence-electron chi connectivity index (χ3n) is 4.08. The predicted octanol–water partition coefficient (Wildman–Crippen LogP) is 3.25. The number of carboxylic acids is 1. The molecule has 2 amide bonds. The summed E-state index contributed by atoms with van der Waals surface area (Å²) in [5.74, 6) is 0.358. The first-order chi connectivity index (χ1) is 9.95. The maximum absolute atomic E-state index is 11.9. The largest absolute Gasteiger partial charge is 0.478 e. The van der Waals surface area contributed by atoms with Crippen LogP contribution in [0.3, 0.4) is 0 Å². The summed E-state index contributed by atoms with van der Waals surface area (Å²) in [5.41, 5.74) is 1.59. The molecule has 3 N–H and O–H groups in total. The highest BCUT2D eigenvalue weighted by molar-refractivity contribution is 5.92. The molecule has 1 fully saturated rings. The molecule has 1 aromatic rings. The van der Waals surface area contributed by atoms with Crippen LogP contribution in [0.25, 0.3) is 0 Å². The van der Waals surface area contributed by atoms with Crippen molar-refractivity contribution in [3.05, 3.63) is 29.3 Å². The Bertz CT molecular complexity index is 542. The van der Waals surface area contributed by atoms with Gasteiger partial charge in [-0.2, -0.15) is 0 Å². The van der Waals surface area contributed by atoms with Crippen LogP contribution in [0.4, 0.5) is 10.5 Å². The quantitative estimate of drug-likeness (QED) is 0.796. The number of amides is 2. The lowest BCUT2D eigenvalue weighted by atomic mass is 10.1. The van der Waals surface area contributed by atoms with Crippen molar-refractivity contribution in [2.24, 2.45) is 11.8 Å². The fourth-order valence-corrected chi connectivity index (χ4v) is 2.85. The van der Waals surface area contributed by atoms with Crippen molar-refractivity contribution in [2.45, 2.75) is 33.1 Å². The molecule has 1 aliphatic carbocycles. The molecule has 21 heavy (non-hydrogen) atoms. The van der Waals surface area contributed by atoms with Crippen molar-refractivity contribution < 1.29 is 14.7 Å². The molecule has 2 unspecified atom stereocenters. The highest BCUT2D eigenvalue weighted by atomic mass is 16.4. The molecule has 0 aromatic heterocycles. The molecular weight excluding hydrogens is 268 g/mol. The van der Waals surface area contributed by atoms with E-state index in [1.54, 1.807) is 19.1 Å². The number of urea groups is 1. The molecule has 0 saturated heterocycles. The fourth-order valence-electron chi connectivity index (χ4n) is 2.85. The number of benzene rings is 1. The summed E-state index contributed by atoms with van der Waals surface area (Å²) in [4.78, 5) is 22.7. The number of carboxylic acid groups (broad SMARTS) is 1. The number of hydrogen-bond acceptors (Lipinski definition) is 2. The van der Waals surface area contributed by atoms with Gasteiger partial charge in [0.05, 0.1) is 5.56 Å². The lowest BCUT2D eigenvalue weighted by Gasteiger charge is -2.13. The Hall–Kier alpha value is -2.04. The third kappa shape index (κ3) is 4.21. The van der Waals surface area contributed by atoms with Crippen LogP contribution in [-0.2, 0) is 0 Å². The summed E-state index contributed by atoms with van der Waals surface area (Å²) in [5, 5.41) is 14.6. The minimum absolute atomic E-state index is 0.221. The van der Waals surface area contributed by atoms with Crippen LogP contribution < -0.4 is 10.6 Å². The topological polar surface area (TPSA) is 78.4 Å². The van der Waals surface area contributed by atoms with Gasteiger partial charge in [0.25, 0.3) is 0 Å². The molecule has 0 spiro atoms. The van der Waals surface area contributed by atoms with E-state index in [0.29, 0.717) is 18.2 Å². The maximum Gasteiger partial charge on any atom is 0.335 e. The van der Waals surface area contributed by atoms with E-state index in [9.17, 15) is 9.59 Å². The molecule has 5 heteroatoms. The van der Waals surface area contributed by atoms with E-state index in [1.165, 1.54) is 25.3 Å². The summed E-state index contributed by atoms with van der Waals surface area (Å²) in [7, 11) is 0. The molecule has 0 heterocycles. The van der Waals surface area contributed by atoms with Crippen LogP contribution in [0.1, 0.15) is 42.1 Å². The van der Waals surface area contributed by atoms with Crippen molar-refractivity contribution in [1.29, 1.82) is 0 Å². The van der Waals surface area contributed by atoms with E-state index in [-0.39, 0.29) is 11.6 Å². The van der Waals surface area contributed by atoms with Gasteiger partial charge in [-0.05, 0) is 55.4 Å². The molecule has 0 radical (unpaired) electrons. The summed E-state index contributed by atoms with van der Waals surface area (Å²) in [6.45, 7) is 4.72. The second kappa shape index (κ2) is 6.61. The van der Waals surface area contributed by atoms with E-state index in [1.807, 2.05) is 0 Å². The number of aromatic carboxylic acids is 1. The lowest BCUT2D eigenvalue weighted by Crippen LogP contribution is -2.32. The Morgan fingerprint density at radius 3 is 2.67 bits per heavy atom. The van der Waals surface area contributed by atoms with Crippen molar-refractivity contribution >= 4 is 17.7 Å². The van der Waals surface area contributed by atoms with Crippen molar-refractivity contribution in [2.75, 3.05) is 11.9 Å². The molecule has 0 aliphatic heterocycles. The normalized spacial score (nSPS) is 21.0. The number of aryl methyl sites for hydroxylation is 1. The maximum atomic E-state index is 11.9. The Morgan fingerprint density at radius 2 is 2.10 bits per heavy atom. The zero-order valence-electron chi connectivity index (χ0n) is 12.5. The van der Waals surface area contributed by atoms with Crippen molar-refractivity contribution in [3.63, 3.8) is 0 Å². The van der Waals surface area contributed by atoms with E-state index in [4.69, 9.17) is 5.11 Å². The monoisotopic (exact) mass is 290 g/mol. The smallest absolute Gasteiger partial charge is 0.335 e. The van der Waals surface area contributed by atoms with Gasteiger partial charge in [0, 0.05) is 12.2 Å². The number of anilines is 1. The van der Waals surface area contributed by atoms with Gasteiger partial charge < -0.3 is 15.7 Å². The van der Waals surface area contributed by atoms with Crippen LogP contribution in [-0.4, -0.2) is 23.7 Å². The van der Waals surface area contributed by atoms with Gasteiger partial charge in [-0.3, -0.25) is 0 Å². The fraction of sp³-hybridized carbons (Fsp3) is 0.500. The second-order valence-corrected chi connectivity index (χ2v) is 5.95. The molecule has 0 bridgehead atoms. The number of carbonyl (C=O) groups is 2. The van der Waals surface area contributed by atoms with E-state index in [0.717, 1.165) is 11.5 Å². The highest BCUT2D eigenvalue weighted by Gasteiger charge is 2.21. The number of nitrogens with one attached hydrogen (secondary N) is 2. The zero-order valence-corrected chi connectivity index (χ0v) is 12.5. The molecule has 5 nitrogen and oxygen atoms in total. The van der Waals surface area contributed by atoms with Crippen LogP contribution in [0.5, 0.6) is 0 Å². The van der Waals surface area contributed by atoms with Crippen LogP contribution >= 0.6 is 0 Å². The summed E-state index contributed by atoms with van der Waals surface area (Å²) in [6.07, 6.45) is 3.59. The average Bonchev–Trinajstić information content (AvgIpc) is 2.84. The molecule has 1 aliphatic rings. The second-order valence-electron chi connectivity index (χ2n) is 5.95. The lowest BCUT2D eigenvalue weighted by molar-refractivity contribution is 0.0697. The number of carbonyl (C=O) groups excluding carboxylic acids is 1. The van der Waals surface area contributed by atoms with Gasteiger partial charge in [-0.25, -0.2) is 9.59 Å². The standard InChI is InChI=1S/C16H22N2O3/c1-10-3-4-12(7-10)9-17-16(21)18-14-6-5-13(15(19)20)8-11(14)2/h5-6,8,10,12H,3-4,7,9H2,1-2H3,(H,19,20)(H2,17,18,21).